The third kappa shape index (κ3) is 3.99. The highest BCUT2D eigenvalue weighted by atomic mass is 32.1. The van der Waals surface area contributed by atoms with Crippen molar-refractivity contribution in [2.24, 2.45) is 11.7 Å². The minimum absolute atomic E-state index is 0.101. The highest BCUT2D eigenvalue weighted by molar-refractivity contribution is 7.11. The Balaban J connectivity index is 2.15. The summed E-state index contributed by atoms with van der Waals surface area (Å²) in [6.45, 7) is 5.80. The van der Waals surface area contributed by atoms with E-state index in [1.165, 1.54) is 11.3 Å². The normalized spacial score (nSPS) is 20.0. The van der Waals surface area contributed by atoms with E-state index in [0.717, 1.165) is 6.42 Å². The summed E-state index contributed by atoms with van der Waals surface area (Å²) in [5.41, 5.74) is 5.58. The molecule has 24 heavy (non-hydrogen) atoms. The number of nitrogens with two attached hydrogens (primary N) is 1. The molecule has 132 valence electrons. The SMILES string of the molecule is CC(C)[C@H](NC(=O)[C@H](C)N)C(=O)N1CCC[C@H]1C(=O)c1nccs1. The van der Waals surface area contributed by atoms with Gasteiger partial charge in [0, 0.05) is 18.1 Å². The Bertz CT molecular complexity index is 600. The zero-order valence-corrected chi connectivity index (χ0v) is 15.0. The lowest BCUT2D eigenvalue weighted by Gasteiger charge is -2.30. The minimum atomic E-state index is -0.689. The predicted octanol–water partition coefficient (Wildman–Crippen LogP) is 0.805. The van der Waals surface area contributed by atoms with Crippen molar-refractivity contribution in [3.8, 4) is 0 Å². The molecule has 2 amide bonds. The zero-order valence-electron chi connectivity index (χ0n) is 14.2. The minimum Gasteiger partial charge on any atom is -0.343 e. The maximum absolute atomic E-state index is 12.9. The van der Waals surface area contributed by atoms with Gasteiger partial charge >= 0.3 is 0 Å². The van der Waals surface area contributed by atoms with Crippen molar-refractivity contribution in [2.75, 3.05) is 6.54 Å². The van der Waals surface area contributed by atoms with E-state index in [1.54, 1.807) is 23.4 Å². The number of nitrogens with zero attached hydrogens (tertiary/aromatic N) is 2. The van der Waals surface area contributed by atoms with E-state index in [-0.39, 0.29) is 23.5 Å². The van der Waals surface area contributed by atoms with Gasteiger partial charge in [-0.2, -0.15) is 0 Å². The van der Waals surface area contributed by atoms with Gasteiger partial charge in [0.15, 0.2) is 5.01 Å². The number of ketones is 1. The fourth-order valence-corrected chi connectivity index (χ4v) is 3.39. The van der Waals surface area contributed by atoms with E-state index >= 15 is 0 Å². The maximum Gasteiger partial charge on any atom is 0.246 e. The first-order valence-electron chi connectivity index (χ1n) is 8.13. The van der Waals surface area contributed by atoms with E-state index in [2.05, 4.69) is 10.3 Å². The molecule has 1 aliphatic heterocycles. The summed E-state index contributed by atoms with van der Waals surface area (Å²) in [5, 5.41) is 4.87. The Morgan fingerprint density at radius 1 is 1.38 bits per heavy atom. The maximum atomic E-state index is 12.9. The van der Waals surface area contributed by atoms with Gasteiger partial charge in [0.25, 0.3) is 0 Å². The topological polar surface area (TPSA) is 105 Å². The van der Waals surface area contributed by atoms with Crippen LogP contribution in [0.15, 0.2) is 11.6 Å². The van der Waals surface area contributed by atoms with Crippen molar-refractivity contribution in [3.63, 3.8) is 0 Å². The summed E-state index contributed by atoms with van der Waals surface area (Å²) in [6.07, 6.45) is 2.97. The van der Waals surface area contributed by atoms with Crippen LogP contribution in [-0.2, 0) is 9.59 Å². The summed E-state index contributed by atoms with van der Waals surface area (Å²) >= 11 is 1.28. The van der Waals surface area contributed by atoms with Crippen molar-refractivity contribution >= 4 is 28.9 Å². The number of carbonyl (C=O) groups excluding carboxylic acids is 3. The van der Waals surface area contributed by atoms with Gasteiger partial charge in [-0.15, -0.1) is 11.3 Å². The summed E-state index contributed by atoms with van der Waals surface area (Å²) in [7, 11) is 0. The van der Waals surface area contributed by atoms with Crippen LogP contribution in [0.2, 0.25) is 0 Å². The lowest BCUT2D eigenvalue weighted by atomic mass is 10.0. The molecule has 3 atom stereocenters. The molecule has 0 aliphatic carbocycles. The van der Waals surface area contributed by atoms with Crippen molar-refractivity contribution in [1.29, 1.82) is 0 Å². The molecule has 2 heterocycles. The van der Waals surface area contributed by atoms with Gasteiger partial charge in [-0.05, 0) is 25.7 Å². The monoisotopic (exact) mass is 352 g/mol. The second-order valence-electron chi connectivity index (χ2n) is 6.41. The van der Waals surface area contributed by atoms with Gasteiger partial charge in [0.05, 0.1) is 12.1 Å². The number of rotatable bonds is 6. The fourth-order valence-electron chi connectivity index (χ4n) is 2.77. The molecule has 0 aromatic carbocycles. The summed E-state index contributed by atoms with van der Waals surface area (Å²) in [5.74, 6) is -0.830. The van der Waals surface area contributed by atoms with Crippen molar-refractivity contribution in [2.45, 2.75) is 51.7 Å². The molecule has 1 aliphatic rings. The van der Waals surface area contributed by atoms with Gasteiger partial charge in [0.2, 0.25) is 17.6 Å². The molecular weight excluding hydrogens is 328 g/mol. The standard InChI is InChI=1S/C16H24N4O3S/c1-9(2)12(19-14(22)10(3)17)16(23)20-7-4-5-11(20)13(21)15-18-6-8-24-15/h6,8-12H,4-5,7,17H2,1-3H3,(H,19,22)/t10-,11-,12-/m0/s1. The smallest absolute Gasteiger partial charge is 0.246 e. The van der Waals surface area contributed by atoms with Crippen LogP contribution in [0.25, 0.3) is 0 Å². The number of thiazole rings is 1. The van der Waals surface area contributed by atoms with E-state index in [1.807, 2.05) is 13.8 Å². The second kappa shape index (κ2) is 7.85. The Morgan fingerprint density at radius 3 is 2.62 bits per heavy atom. The molecule has 0 radical (unpaired) electrons. The lowest BCUT2D eigenvalue weighted by molar-refractivity contribution is -0.138. The van der Waals surface area contributed by atoms with Crippen LogP contribution in [0.1, 0.15) is 43.4 Å². The predicted molar refractivity (Wildman–Crippen MR) is 91.6 cm³/mol. The molecule has 8 heteroatoms. The Labute approximate surface area is 145 Å². The average Bonchev–Trinajstić information content (AvgIpc) is 3.21. The van der Waals surface area contributed by atoms with Gasteiger partial charge < -0.3 is 16.0 Å². The zero-order chi connectivity index (χ0) is 17.9. The van der Waals surface area contributed by atoms with E-state index < -0.39 is 18.1 Å². The Morgan fingerprint density at radius 2 is 2.08 bits per heavy atom. The third-order valence-corrected chi connectivity index (χ3v) is 4.91. The Kier molecular flexibility index (Phi) is 6.06. The average molecular weight is 352 g/mol. The quantitative estimate of drug-likeness (QED) is 0.737. The highest BCUT2D eigenvalue weighted by Crippen LogP contribution is 2.24. The number of Topliss-reactive ketones (excluding diaryl/α,β-unsaturated/α-hetero) is 1. The number of likely N-dealkylation sites (tertiary alicyclic amines) is 1. The first-order chi connectivity index (χ1) is 11.3. The van der Waals surface area contributed by atoms with Crippen molar-refractivity contribution in [3.05, 3.63) is 16.6 Å². The molecular formula is C16H24N4O3S. The number of aromatic nitrogens is 1. The molecule has 0 bridgehead atoms. The van der Waals surface area contributed by atoms with Crippen molar-refractivity contribution in [1.82, 2.24) is 15.2 Å². The van der Waals surface area contributed by atoms with E-state index in [0.29, 0.717) is 18.0 Å². The van der Waals surface area contributed by atoms with E-state index in [4.69, 9.17) is 5.73 Å². The fraction of sp³-hybridized carbons (Fsp3) is 0.625. The molecule has 0 spiro atoms. The van der Waals surface area contributed by atoms with Crippen molar-refractivity contribution < 1.29 is 14.4 Å². The van der Waals surface area contributed by atoms with Gasteiger partial charge in [-0.25, -0.2) is 4.98 Å². The number of hydrogen-bond donors (Lipinski definition) is 2. The number of amides is 2. The highest BCUT2D eigenvalue weighted by Gasteiger charge is 2.39. The molecule has 0 unspecified atom stereocenters. The molecule has 1 saturated heterocycles. The van der Waals surface area contributed by atoms with Crippen LogP contribution in [0.5, 0.6) is 0 Å². The largest absolute Gasteiger partial charge is 0.343 e. The van der Waals surface area contributed by atoms with Crippen LogP contribution < -0.4 is 11.1 Å². The first kappa shape index (κ1) is 18.5. The third-order valence-electron chi connectivity index (χ3n) is 4.13. The van der Waals surface area contributed by atoms with Crippen LogP contribution in [0.3, 0.4) is 0 Å². The number of carbonyl (C=O) groups is 3. The van der Waals surface area contributed by atoms with E-state index in [9.17, 15) is 14.4 Å². The molecule has 1 aromatic rings. The van der Waals surface area contributed by atoms with Gasteiger partial charge in [-0.1, -0.05) is 13.8 Å². The first-order valence-corrected chi connectivity index (χ1v) is 9.01. The molecule has 1 fully saturated rings. The van der Waals surface area contributed by atoms with Gasteiger partial charge in [-0.3, -0.25) is 14.4 Å². The van der Waals surface area contributed by atoms with Crippen LogP contribution >= 0.6 is 11.3 Å². The Hall–Kier alpha value is -1.80. The second-order valence-corrected chi connectivity index (χ2v) is 7.30. The number of nitrogens with one attached hydrogen (secondary N) is 1. The molecule has 2 rings (SSSR count). The molecule has 3 N–H and O–H groups in total. The number of hydrogen-bond acceptors (Lipinski definition) is 6. The summed E-state index contributed by atoms with van der Waals surface area (Å²) < 4.78 is 0. The van der Waals surface area contributed by atoms with Gasteiger partial charge in [0.1, 0.15) is 6.04 Å². The molecule has 7 nitrogen and oxygen atoms in total. The summed E-state index contributed by atoms with van der Waals surface area (Å²) in [6, 6.07) is -1.88. The molecule has 1 aromatic heterocycles. The lowest BCUT2D eigenvalue weighted by Crippen LogP contribution is -2.56. The van der Waals surface area contributed by atoms with Crippen LogP contribution in [0, 0.1) is 5.92 Å². The summed E-state index contributed by atoms with van der Waals surface area (Å²) in [4.78, 5) is 43.1. The van der Waals surface area contributed by atoms with Crippen LogP contribution in [-0.4, -0.2) is 52.2 Å². The van der Waals surface area contributed by atoms with Crippen LogP contribution in [0.4, 0.5) is 0 Å². The molecule has 0 saturated carbocycles.